The third-order valence-electron chi connectivity index (χ3n) is 7.43. The largest absolute Gasteiger partial charge is 0.495 e. The zero-order chi connectivity index (χ0) is 21.4. The minimum absolute atomic E-state index is 0.0661. The van der Waals surface area contributed by atoms with Gasteiger partial charge in [0.25, 0.3) is 0 Å². The van der Waals surface area contributed by atoms with E-state index in [1.807, 2.05) is 24.3 Å². The zero-order valence-corrected chi connectivity index (χ0v) is 18.4. The van der Waals surface area contributed by atoms with Crippen LogP contribution in [0.1, 0.15) is 49.9 Å². The van der Waals surface area contributed by atoms with Crippen molar-refractivity contribution in [1.29, 1.82) is 0 Å². The highest BCUT2D eigenvalue weighted by atomic mass is 16.5. The lowest BCUT2D eigenvalue weighted by Gasteiger charge is -2.51. The molecule has 1 aromatic heterocycles. The lowest BCUT2D eigenvalue weighted by Crippen LogP contribution is -2.50. The third-order valence-corrected chi connectivity index (χ3v) is 7.43. The molecule has 5 rings (SSSR count). The van der Waals surface area contributed by atoms with E-state index in [2.05, 4.69) is 46.4 Å². The fraction of sp³-hybridized carbons (Fsp3) is 0.423. The lowest BCUT2D eigenvalue weighted by molar-refractivity contribution is -0.121. The Kier molecular flexibility index (Phi) is 5.22. The monoisotopic (exact) mass is 417 g/mol. The van der Waals surface area contributed by atoms with Gasteiger partial charge in [0, 0.05) is 35.0 Å². The van der Waals surface area contributed by atoms with E-state index >= 15 is 0 Å². The van der Waals surface area contributed by atoms with E-state index in [4.69, 9.17) is 4.74 Å². The number of para-hydroxylation sites is 3. The van der Waals surface area contributed by atoms with Crippen LogP contribution >= 0.6 is 0 Å². The van der Waals surface area contributed by atoms with Crippen molar-refractivity contribution in [3.8, 4) is 5.75 Å². The molecule has 1 amide bonds. The number of methoxy groups -OCH3 is 1. The maximum atomic E-state index is 13.3. The van der Waals surface area contributed by atoms with E-state index in [9.17, 15) is 4.79 Å². The molecule has 0 spiro atoms. The number of hydrogen-bond acceptors (Lipinski definition) is 3. The molecule has 2 atom stereocenters. The zero-order valence-electron chi connectivity index (χ0n) is 18.4. The Morgan fingerprint density at radius 1 is 1.19 bits per heavy atom. The molecule has 162 valence electrons. The summed E-state index contributed by atoms with van der Waals surface area (Å²) < 4.78 is 5.43. The Morgan fingerprint density at radius 2 is 2.00 bits per heavy atom. The van der Waals surface area contributed by atoms with E-state index in [1.54, 1.807) is 7.11 Å². The second kappa shape index (κ2) is 8.04. The average Bonchev–Trinajstić information content (AvgIpc) is 3.18. The van der Waals surface area contributed by atoms with Gasteiger partial charge in [-0.1, -0.05) is 37.3 Å². The van der Waals surface area contributed by atoms with Crippen molar-refractivity contribution >= 4 is 22.5 Å². The van der Waals surface area contributed by atoms with Crippen LogP contribution in [-0.4, -0.2) is 36.0 Å². The Bertz CT molecular complexity index is 1100. The van der Waals surface area contributed by atoms with Gasteiger partial charge in [-0.05, 0) is 56.0 Å². The molecule has 5 heteroatoms. The van der Waals surface area contributed by atoms with Crippen LogP contribution in [0.25, 0.3) is 10.9 Å². The Labute approximate surface area is 183 Å². The molecule has 1 saturated heterocycles. The first-order chi connectivity index (χ1) is 15.1. The highest BCUT2D eigenvalue weighted by Gasteiger charge is 2.48. The van der Waals surface area contributed by atoms with Gasteiger partial charge in [-0.25, -0.2) is 0 Å². The molecule has 2 N–H and O–H groups in total. The number of aromatic amines is 1. The number of ether oxygens (including phenoxy) is 1. The fourth-order valence-corrected chi connectivity index (χ4v) is 5.94. The van der Waals surface area contributed by atoms with Gasteiger partial charge in [0.15, 0.2) is 0 Å². The summed E-state index contributed by atoms with van der Waals surface area (Å²) in [4.78, 5) is 19.6. The molecule has 0 aliphatic carbocycles. The van der Waals surface area contributed by atoms with Crippen LogP contribution < -0.4 is 10.1 Å². The second-order valence-corrected chi connectivity index (χ2v) is 9.00. The normalized spacial score (nSPS) is 23.2. The molecule has 0 saturated carbocycles. The molecule has 0 bridgehead atoms. The molecular weight excluding hydrogens is 386 g/mol. The first-order valence-corrected chi connectivity index (χ1v) is 11.4. The van der Waals surface area contributed by atoms with E-state index in [1.165, 1.54) is 22.2 Å². The van der Waals surface area contributed by atoms with Gasteiger partial charge in [0.05, 0.1) is 18.8 Å². The molecule has 2 aliphatic heterocycles. The number of nitrogens with one attached hydrogen (secondary N) is 2. The summed E-state index contributed by atoms with van der Waals surface area (Å²) in [5, 5.41) is 4.46. The van der Waals surface area contributed by atoms with Crippen molar-refractivity contribution in [2.45, 2.75) is 45.1 Å². The number of nitrogens with zero attached hydrogens (tertiary/aromatic N) is 1. The average molecular weight is 418 g/mol. The predicted molar refractivity (Wildman–Crippen MR) is 125 cm³/mol. The van der Waals surface area contributed by atoms with E-state index in [-0.39, 0.29) is 17.4 Å². The molecule has 3 heterocycles. The minimum atomic E-state index is -0.0829. The van der Waals surface area contributed by atoms with Crippen molar-refractivity contribution in [2.75, 3.05) is 25.5 Å². The Morgan fingerprint density at radius 3 is 2.84 bits per heavy atom. The number of piperidine rings is 1. The van der Waals surface area contributed by atoms with Crippen molar-refractivity contribution in [3.05, 3.63) is 59.8 Å². The van der Waals surface area contributed by atoms with Crippen molar-refractivity contribution in [3.63, 3.8) is 0 Å². The fourth-order valence-electron chi connectivity index (χ4n) is 5.94. The molecule has 2 aromatic carbocycles. The number of carbonyl (C=O) groups is 1. The van der Waals surface area contributed by atoms with Crippen LogP contribution in [0.5, 0.6) is 5.75 Å². The summed E-state index contributed by atoms with van der Waals surface area (Å²) in [6, 6.07) is 16.5. The minimum Gasteiger partial charge on any atom is -0.495 e. The van der Waals surface area contributed by atoms with Crippen LogP contribution in [0.4, 0.5) is 5.69 Å². The number of benzene rings is 2. The van der Waals surface area contributed by atoms with E-state index in [0.717, 1.165) is 44.5 Å². The maximum absolute atomic E-state index is 13.3. The lowest BCUT2D eigenvalue weighted by atomic mass is 9.66. The Hall–Kier alpha value is -2.79. The Balaban J connectivity index is 1.49. The second-order valence-electron chi connectivity index (χ2n) is 9.00. The standard InChI is InChI=1S/C26H31N3O2/c1-3-26(17-23(30)27-21-11-6-7-12-22(21)31-2)14-8-15-29-16-13-19-18-9-4-5-10-20(18)28-24(19)25(26)29/h4-7,9-12,25,28H,3,8,13-17H2,1-2H3,(H,27,30)/t25-,26+/m1/s1. The van der Waals surface area contributed by atoms with Gasteiger partial charge in [0.2, 0.25) is 5.91 Å². The van der Waals surface area contributed by atoms with Crippen LogP contribution in [0, 0.1) is 5.41 Å². The molecule has 0 unspecified atom stereocenters. The third kappa shape index (κ3) is 3.41. The van der Waals surface area contributed by atoms with Crippen molar-refractivity contribution < 1.29 is 9.53 Å². The van der Waals surface area contributed by atoms with E-state index < -0.39 is 0 Å². The maximum Gasteiger partial charge on any atom is 0.225 e. The van der Waals surface area contributed by atoms with Gasteiger partial charge in [0.1, 0.15) is 5.75 Å². The van der Waals surface area contributed by atoms with Crippen LogP contribution in [0.15, 0.2) is 48.5 Å². The van der Waals surface area contributed by atoms with Crippen molar-refractivity contribution in [2.24, 2.45) is 5.41 Å². The van der Waals surface area contributed by atoms with Crippen molar-refractivity contribution in [1.82, 2.24) is 9.88 Å². The molecule has 31 heavy (non-hydrogen) atoms. The molecular formula is C26H31N3O2. The molecule has 1 fully saturated rings. The van der Waals surface area contributed by atoms with Crippen LogP contribution in [-0.2, 0) is 11.2 Å². The predicted octanol–water partition coefficient (Wildman–Crippen LogP) is 5.29. The number of carbonyl (C=O) groups excluding carboxylic acids is 1. The summed E-state index contributed by atoms with van der Waals surface area (Å²) in [7, 11) is 1.64. The first kappa shape index (κ1) is 20.1. The van der Waals surface area contributed by atoms with E-state index in [0.29, 0.717) is 12.2 Å². The molecule has 2 aliphatic rings. The summed E-state index contributed by atoms with van der Waals surface area (Å²) in [6.07, 6.45) is 4.77. The number of H-pyrrole nitrogens is 1. The number of amides is 1. The number of hydrogen-bond donors (Lipinski definition) is 2. The SMILES string of the molecule is CC[C@@]1(CC(=O)Nc2ccccc2OC)CCCN2CCc3c([nH]c4ccccc34)[C@@H]21. The number of aromatic nitrogens is 1. The number of fused-ring (bicyclic) bond motifs is 5. The van der Waals surface area contributed by atoms with Gasteiger partial charge < -0.3 is 15.0 Å². The smallest absolute Gasteiger partial charge is 0.225 e. The number of rotatable bonds is 5. The molecule has 0 radical (unpaired) electrons. The van der Waals surface area contributed by atoms with Gasteiger partial charge >= 0.3 is 0 Å². The topological polar surface area (TPSA) is 57.4 Å². The highest BCUT2D eigenvalue weighted by molar-refractivity contribution is 5.93. The quantitative estimate of drug-likeness (QED) is 0.593. The summed E-state index contributed by atoms with van der Waals surface area (Å²) in [5.41, 5.74) is 4.65. The first-order valence-electron chi connectivity index (χ1n) is 11.4. The van der Waals surface area contributed by atoms with Crippen LogP contribution in [0.2, 0.25) is 0 Å². The molecule has 3 aromatic rings. The molecule has 5 nitrogen and oxygen atoms in total. The van der Waals surface area contributed by atoms with Crippen LogP contribution in [0.3, 0.4) is 0 Å². The van der Waals surface area contributed by atoms with Gasteiger partial charge in [-0.2, -0.15) is 0 Å². The summed E-state index contributed by atoms with van der Waals surface area (Å²) in [6.45, 7) is 4.42. The number of anilines is 1. The summed E-state index contributed by atoms with van der Waals surface area (Å²) >= 11 is 0. The highest BCUT2D eigenvalue weighted by Crippen LogP contribution is 2.53. The van der Waals surface area contributed by atoms with Gasteiger partial charge in [-0.3, -0.25) is 9.69 Å². The summed E-state index contributed by atoms with van der Waals surface area (Å²) in [5.74, 6) is 0.763. The van der Waals surface area contributed by atoms with Gasteiger partial charge in [-0.15, -0.1) is 0 Å².